The van der Waals surface area contributed by atoms with E-state index in [2.05, 4.69) is 41.8 Å². The maximum Gasteiger partial charge on any atom is 0.144 e. The van der Waals surface area contributed by atoms with Crippen LogP contribution in [0.25, 0.3) is 5.69 Å². The first-order valence-electron chi connectivity index (χ1n) is 6.04. The summed E-state index contributed by atoms with van der Waals surface area (Å²) in [5, 5.41) is 4.62. The number of nitrogens with zero attached hydrogens (tertiary/aromatic N) is 2. The second-order valence-corrected chi connectivity index (χ2v) is 6.17. The number of hydrogen-bond acceptors (Lipinski definition) is 3. The van der Waals surface area contributed by atoms with Crippen LogP contribution >= 0.6 is 15.9 Å². The zero-order valence-electron chi connectivity index (χ0n) is 11.6. The number of ether oxygens (including phenoxy) is 1. The Morgan fingerprint density at radius 2 is 1.89 bits per heavy atom. The fourth-order valence-corrected chi connectivity index (χ4v) is 2.72. The van der Waals surface area contributed by atoms with Crippen LogP contribution in [0, 0.1) is 0 Å². The van der Waals surface area contributed by atoms with Crippen molar-refractivity contribution in [3.8, 4) is 11.4 Å². The molecule has 0 bridgehead atoms. The molecule has 2 N–H and O–H groups in total. The van der Waals surface area contributed by atoms with E-state index < -0.39 is 0 Å². The molecule has 0 aliphatic rings. The summed E-state index contributed by atoms with van der Waals surface area (Å²) in [4.78, 5) is 0. The number of rotatable bonds is 2. The molecule has 0 atom stereocenters. The maximum atomic E-state index is 6.15. The highest BCUT2D eigenvalue weighted by Gasteiger charge is 2.25. The van der Waals surface area contributed by atoms with Crippen LogP contribution in [0.2, 0.25) is 0 Å². The Balaban J connectivity index is 2.64. The Hall–Kier alpha value is -1.49. The Bertz CT molecular complexity index is 599. The van der Waals surface area contributed by atoms with Crippen LogP contribution in [0.5, 0.6) is 5.75 Å². The lowest BCUT2D eigenvalue weighted by atomic mass is 9.92. The van der Waals surface area contributed by atoms with Gasteiger partial charge in [0.05, 0.1) is 17.3 Å². The number of halogens is 1. The molecule has 0 saturated carbocycles. The summed E-state index contributed by atoms with van der Waals surface area (Å²) in [6.07, 6.45) is 0. The monoisotopic (exact) mass is 323 g/mol. The van der Waals surface area contributed by atoms with Gasteiger partial charge < -0.3 is 10.5 Å². The fraction of sp³-hybridized carbons (Fsp3) is 0.357. The minimum Gasteiger partial charge on any atom is -0.494 e. The van der Waals surface area contributed by atoms with Gasteiger partial charge in [0.25, 0.3) is 0 Å². The lowest BCUT2D eigenvalue weighted by Crippen LogP contribution is -2.13. The van der Waals surface area contributed by atoms with Gasteiger partial charge in [0.15, 0.2) is 0 Å². The van der Waals surface area contributed by atoms with E-state index in [0.29, 0.717) is 5.82 Å². The summed E-state index contributed by atoms with van der Waals surface area (Å²) in [7, 11) is 1.64. The van der Waals surface area contributed by atoms with Gasteiger partial charge in [0.1, 0.15) is 17.3 Å². The molecule has 1 aromatic heterocycles. The van der Waals surface area contributed by atoms with Crippen molar-refractivity contribution in [1.29, 1.82) is 0 Å². The second kappa shape index (κ2) is 4.89. The molecule has 0 saturated heterocycles. The summed E-state index contributed by atoms with van der Waals surface area (Å²) in [6, 6.07) is 7.67. The largest absolute Gasteiger partial charge is 0.494 e. The molecule has 102 valence electrons. The van der Waals surface area contributed by atoms with E-state index in [1.54, 1.807) is 11.8 Å². The summed E-state index contributed by atoms with van der Waals surface area (Å²) in [5.74, 6) is 1.32. The Morgan fingerprint density at radius 3 is 2.42 bits per heavy atom. The highest BCUT2D eigenvalue weighted by atomic mass is 79.9. The molecule has 0 radical (unpaired) electrons. The number of aromatic nitrogens is 2. The van der Waals surface area contributed by atoms with Crippen molar-refractivity contribution >= 4 is 21.7 Å². The lowest BCUT2D eigenvalue weighted by Gasteiger charge is -2.15. The number of hydrogen-bond donors (Lipinski definition) is 1. The average molecular weight is 324 g/mol. The van der Waals surface area contributed by atoms with Gasteiger partial charge in [-0.1, -0.05) is 32.9 Å². The highest BCUT2D eigenvalue weighted by Crippen LogP contribution is 2.35. The third-order valence-corrected chi connectivity index (χ3v) is 3.67. The van der Waals surface area contributed by atoms with Gasteiger partial charge in [0, 0.05) is 5.41 Å². The van der Waals surface area contributed by atoms with Gasteiger partial charge in [-0.3, -0.25) is 0 Å². The molecule has 0 unspecified atom stereocenters. The zero-order valence-corrected chi connectivity index (χ0v) is 13.2. The smallest absolute Gasteiger partial charge is 0.144 e. The first kappa shape index (κ1) is 13.9. The number of nitrogens with two attached hydrogens (primary N) is 1. The van der Waals surface area contributed by atoms with E-state index in [0.717, 1.165) is 21.6 Å². The number of benzene rings is 1. The quantitative estimate of drug-likeness (QED) is 0.919. The molecule has 5 heteroatoms. The van der Waals surface area contributed by atoms with Crippen LogP contribution in [-0.4, -0.2) is 16.9 Å². The predicted octanol–water partition coefficient (Wildman–Crippen LogP) is 3.52. The molecule has 0 spiro atoms. The van der Waals surface area contributed by atoms with Crippen molar-refractivity contribution < 1.29 is 4.74 Å². The summed E-state index contributed by atoms with van der Waals surface area (Å²) in [5.41, 5.74) is 7.83. The molecule has 19 heavy (non-hydrogen) atoms. The van der Waals surface area contributed by atoms with Crippen LogP contribution in [0.4, 0.5) is 5.82 Å². The molecular formula is C14H18BrN3O. The van der Waals surface area contributed by atoms with E-state index in [4.69, 9.17) is 10.5 Å². The van der Waals surface area contributed by atoms with E-state index in [1.165, 1.54) is 0 Å². The van der Waals surface area contributed by atoms with E-state index in [1.807, 2.05) is 24.3 Å². The Kier molecular flexibility index (Phi) is 3.58. The number of methoxy groups -OCH3 is 1. The van der Waals surface area contributed by atoms with Gasteiger partial charge in [0.2, 0.25) is 0 Å². The number of para-hydroxylation sites is 2. The minimum atomic E-state index is -0.0831. The molecule has 0 aliphatic heterocycles. The van der Waals surface area contributed by atoms with Crippen molar-refractivity contribution in [1.82, 2.24) is 9.78 Å². The zero-order chi connectivity index (χ0) is 14.2. The van der Waals surface area contributed by atoms with Crippen LogP contribution in [0.3, 0.4) is 0 Å². The van der Waals surface area contributed by atoms with Crippen molar-refractivity contribution in [2.45, 2.75) is 26.2 Å². The highest BCUT2D eigenvalue weighted by molar-refractivity contribution is 9.10. The first-order valence-corrected chi connectivity index (χ1v) is 6.83. The first-order chi connectivity index (χ1) is 8.86. The summed E-state index contributed by atoms with van der Waals surface area (Å²) >= 11 is 3.53. The average Bonchev–Trinajstić information content (AvgIpc) is 2.66. The van der Waals surface area contributed by atoms with Gasteiger partial charge in [-0.2, -0.15) is 5.10 Å². The maximum absolute atomic E-state index is 6.15. The van der Waals surface area contributed by atoms with Crippen molar-refractivity contribution in [3.05, 3.63) is 34.4 Å². The molecule has 1 aromatic carbocycles. The second-order valence-electron chi connectivity index (χ2n) is 5.38. The summed E-state index contributed by atoms with van der Waals surface area (Å²) in [6.45, 7) is 6.31. The molecule has 1 heterocycles. The topological polar surface area (TPSA) is 53.1 Å². The van der Waals surface area contributed by atoms with Crippen LogP contribution < -0.4 is 10.5 Å². The van der Waals surface area contributed by atoms with E-state index in [9.17, 15) is 0 Å². The van der Waals surface area contributed by atoms with Gasteiger partial charge in [-0.15, -0.1) is 0 Å². The minimum absolute atomic E-state index is 0.0831. The van der Waals surface area contributed by atoms with Gasteiger partial charge in [-0.05, 0) is 28.1 Å². The van der Waals surface area contributed by atoms with E-state index in [-0.39, 0.29) is 5.41 Å². The SMILES string of the molecule is COc1ccccc1-n1nc(C(C)(C)C)c(Br)c1N. The van der Waals surface area contributed by atoms with Crippen LogP contribution in [-0.2, 0) is 5.41 Å². The van der Waals surface area contributed by atoms with Gasteiger partial charge in [-0.25, -0.2) is 4.68 Å². The number of anilines is 1. The standard InChI is InChI=1S/C14H18BrN3O/c1-14(2,3)12-11(15)13(16)18(17-12)9-7-5-6-8-10(9)19-4/h5-8H,16H2,1-4H3. The van der Waals surface area contributed by atoms with E-state index >= 15 is 0 Å². The molecule has 2 rings (SSSR count). The third-order valence-electron chi connectivity index (χ3n) is 2.88. The van der Waals surface area contributed by atoms with Crippen molar-refractivity contribution in [2.24, 2.45) is 0 Å². The molecule has 0 aliphatic carbocycles. The van der Waals surface area contributed by atoms with Crippen molar-refractivity contribution in [2.75, 3.05) is 12.8 Å². The molecule has 0 amide bonds. The Morgan fingerprint density at radius 1 is 1.26 bits per heavy atom. The predicted molar refractivity (Wildman–Crippen MR) is 80.9 cm³/mol. The fourth-order valence-electron chi connectivity index (χ4n) is 1.88. The Labute approximate surface area is 121 Å². The van der Waals surface area contributed by atoms with Crippen LogP contribution in [0.1, 0.15) is 26.5 Å². The number of nitrogen functional groups attached to an aromatic ring is 1. The van der Waals surface area contributed by atoms with Gasteiger partial charge >= 0.3 is 0 Å². The molecule has 0 fully saturated rings. The van der Waals surface area contributed by atoms with Crippen molar-refractivity contribution in [3.63, 3.8) is 0 Å². The molecule has 4 nitrogen and oxygen atoms in total. The molecule has 2 aromatic rings. The summed E-state index contributed by atoms with van der Waals surface area (Å²) < 4.78 is 7.91. The lowest BCUT2D eigenvalue weighted by molar-refractivity contribution is 0.411. The normalized spacial score (nSPS) is 11.6. The van der Waals surface area contributed by atoms with Crippen LogP contribution in [0.15, 0.2) is 28.7 Å². The molecular weight excluding hydrogens is 306 g/mol. The third kappa shape index (κ3) is 2.47.